The Morgan fingerprint density at radius 1 is 0.923 bits per heavy atom. The highest BCUT2D eigenvalue weighted by Crippen LogP contribution is 2.19. The number of amides is 2. The summed E-state index contributed by atoms with van der Waals surface area (Å²) in [6.45, 7) is 9.78. The Kier molecular flexibility index (Phi) is 6.78. The van der Waals surface area contributed by atoms with Gasteiger partial charge >= 0.3 is 18.2 Å². The smallest absolute Gasteiger partial charge is 0.420 e. The van der Waals surface area contributed by atoms with Gasteiger partial charge in [0, 0.05) is 6.42 Å². The molecule has 0 aliphatic rings. The van der Waals surface area contributed by atoms with Crippen LogP contribution in [0.3, 0.4) is 0 Å². The van der Waals surface area contributed by atoms with Gasteiger partial charge < -0.3 is 14.6 Å². The van der Waals surface area contributed by atoms with E-state index in [1.165, 1.54) is 0 Å². The molecule has 0 saturated carbocycles. The zero-order valence-electron chi connectivity index (χ0n) is 16.1. The molecule has 0 heterocycles. The minimum Gasteiger partial charge on any atom is -0.480 e. The summed E-state index contributed by atoms with van der Waals surface area (Å²) in [5.41, 5.74) is -1.13. The minimum atomic E-state index is -1.46. The van der Waals surface area contributed by atoms with E-state index in [9.17, 15) is 19.5 Å². The van der Waals surface area contributed by atoms with Crippen molar-refractivity contribution in [1.82, 2.24) is 4.90 Å². The van der Waals surface area contributed by atoms with E-state index in [0.29, 0.717) is 10.5 Å². The molecule has 7 nitrogen and oxygen atoms in total. The molecular formula is C19H27NO6. The largest absolute Gasteiger partial charge is 0.480 e. The molecule has 144 valence electrons. The zero-order chi connectivity index (χ0) is 20.1. The summed E-state index contributed by atoms with van der Waals surface area (Å²) < 4.78 is 10.5. The summed E-state index contributed by atoms with van der Waals surface area (Å²) in [6.07, 6.45) is -2.18. The third-order valence-corrected chi connectivity index (χ3v) is 3.05. The predicted molar refractivity (Wildman–Crippen MR) is 95.9 cm³/mol. The van der Waals surface area contributed by atoms with Crippen LogP contribution in [0.5, 0.6) is 0 Å². The minimum absolute atomic E-state index is 0.0609. The predicted octanol–water partition coefficient (Wildman–Crippen LogP) is 3.85. The number of nitrogens with zero attached hydrogens (tertiary/aromatic N) is 1. The van der Waals surface area contributed by atoms with Gasteiger partial charge in [0.25, 0.3) is 0 Å². The molecule has 0 aromatic heterocycles. The van der Waals surface area contributed by atoms with Crippen LogP contribution in [-0.4, -0.2) is 45.4 Å². The summed E-state index contributed by atoms with van der Waals surface area (Å²) in [4.78, 5) is 37.5. The molecule has 1 N–H and O–H groups in total. The third kappa shape index (κ3) is 7.13. The van der Waals surface area contributed by atoms with Gasteiger partial charge in [-0.2, -0.15) is 4.90 Å². The van der Waals surface area contributed by atoms with Crippen LogP contribution in [0.4, 0.5) is 9.59 Å². The van der Waals surface area contributed by atoms with Gasteiger partial charge in [-0.1, -0.05) is 30.3 Å². The number of carboxylic acid groups (broad SMARTS) is 1. The lowest BCUT2D eigenvalue weighted by atomic mass is 10.1. The van der Waals surface area contributed by atoms with Gasteiger partial charge in [0.1, 0.15) is 17.2 Å². The van der Waals surface area contributed by atoms with Crippen molar-refractivity contribution in [2.45, 2.75) is 65.2 Å². The summed E-state index contributed by atoms with van der Waals surface area (Å²) >= 11 is 0. The standard InChI is InChI=1S/C19H27NO6/c1-18(2,3)25-16(23)20(17(24)26-19(4,5)6)14(15(21)22)12-13-10-8-7-9-11-13/h7-11,14H,12H2,1-6H3,(H,21,22)/t14-/m1/s1. The average Bonchev–Trinajstić information content (AvgIpc) is 2.43. The first-order valence-electron chi connectivity index (χ1n) is 8.32. The molecule has 0 saturated heterocycles. The number of ether oxygens (including phenoxy) is 2. The topological polar surface area (TPSA) is 93.1 Å². The number of hydrogen-bond donors (Lipinski definition) is 1. The number of hydrogen-bond acceptors (Lipinski definition) is 5. The van der Waals surface area contributed by atoms with Gasteiger partial charge in [0.2, 0.25) is 0 Å². The van der Waals surface area contributed by atoms with Crippen molar-refractivity contribution < 1.29 is 29.0 Å². The first-order valence-corrected chi connectivity index (χ1v) is 8.32. The Labute approximate surface area is 153 Å². The molecular weight excluding hydrogens is 338 g/mol. The van der Waals surface area contributed by atoms with Crippen molar-refractivity contribution in [3.8, 4) is 0 Å². The zero-order valence-corrected chi connectivity index (χ0v) is 16.1. The third-order valence-electron chi connectivity index (χ3n) is 3.05. The molecule has 2 amide bonds. The maximum absolute atomic E-state index is 12.6. The van der Waals surface area contributed by atoms with Crippen LogP contribution < -0.4 is 0 Å². The van der Waals surface area contributed by atoms with Gasteiger partial charge in [-0.15, -0.1) is 0 Å². The Hall–Kier alpha value is -2.57. The summed E-state index contributed by atoms with van der Waals surface area (Å²) in [7, 11) is 0. The number of benzene rings is 1. The van der Waals surface area contributed by atoms with Crippen LogP contribution in [0.2, 0.25) is 0 Å². The van der Waals surface area contributed by atoms with Crippen LogP contribution in [0.15, 0.2) is 30.3 Å². The van der Waals surface area contributed by atoms with E-state index in [4.69, 9.17) is 9.47 Å². The van der Waals surface area contributed by atoms with Gasteiger partial charge in [0.15, 0.2) is 0 Å². The maximum atomic E-state index is 12.6. The lowest BCUT2D eigenvalue weighted by Crippen LogP contribution is -2.52. The van der Waals surface area contributed by atoms with Gasteiger partial charge in [-0.3, -0.25) is 0 Å². The van der Waals surface area contributed by atoms with Crippen molar-refractivity contribution in [2.75, 3.05) is 0 Å². The quantitative estimate of drug-likeness (QED) is 0.871. The fraction of sp³-hybridized carbons (Fsp3) is 0.526. The summed E-state index contributed by atoms with van der Waals surface area (Å²) in [6, 6.07) is 7.27. The molecule has 1 atom stereocenters. The van der Waals surface area contributed by atoms with Crippen molar-refractivity contribution >= 4 is 18.2 Å². The Morgan fingerprint density at radius 2 is 1.35 bits per heavy atom. The number of carboxylic acids is 1. The van der Waals surface area contributed by atoms with E-state index in [2.05, 4.69) is 0 Å². The van der Waals surface area contributed by atoms with Gasteiger partial charge in [-0.25, -0.2) is 14.4 Å². The van der Waals surface area contributed by atoms with Crippen LogP contribution in [-0.2, 0) is 20.7 Å². The van der Waals surface area contributed by atoms with E-state index in [0.717, 1.165) is 0 Å². The molecule has 7 heteroatoms. The van der Waals surface area contributed by atoms with Gasteiger partial charge in [0.05, 0.1) is 0 Å². The highest BCUT2D eigenvalue weighted by Gasteiger charge is 2.40. The number of rotatable bonds is 4. The lowest BCUT2D eigenvalue weighted by molar-refractivity contribution is -0.143. The molecule has 0 fully saturated rings. The Balaban J connectivity index is 3.22. The van der Waals surface area contributed by atoms with E-state index in [-0.39, 0.29) is 6.42 Å². The molecule has 1 rings (SSSR count). The summed E-state index contributed by atoms with van der Waals surface area (Å²) in [5, 5.41) is 9.64. The van der Waals surface area contributed by atoms with Crippen molar-refractivity contribution in [2.24, 2.45) is 0 Å². The monoisotopic (exact) mass is 365 g/mol. The SMILES string of the molecule is CC(C)(C)OC(=O)N(C(=O)OC(C)(C)C)[C@H](Cc1ccccc1)C(=O)O. The number of carbonyl (C=O) groups excluding carboxylic acids is 2. The van der Waals surface area contributed by atoms with Gasteiger partial charge in [-0.05, 0) is 47.1 Å². The van der Waals surface area contributed by atoms with Crippen molar-refractivity contribution in [1.29, 1.82) is 0 Å². The van der Waals surface area contributed by atoms with Crippen LogP contribution in [0, 0.1) is 0 Å². The lowest BCUT2D eigenvalue weighted by Gasteiger charge is -2.31. The fourth-order valence-electron chi connectivity index (χ4n) is 2.08. The molecule has 0 aliphatic carbocycles. The number of aliphatic carboxylic acids is 1. The molecule has 26 heavy (non-hydrogen) atoms. The van der Waals surface area contributed by atoms with Crippen molar-refractivity contribution in [3.63, 3.8) is 0 Å². The highest BCUT2D eigenvalue weighted by atomic mass is 16.6. The van der Waals surface area contributed by atoms with E-state index in [1.54, 1.807) is 71.9 Å². The van der Waals surface area contributed by atoms with E-state index in [1.807, 2.05) is 0 Å². The molecule has 1 aromatic carbocycles. The molecule has 0 spiro atoms. The second-order valence-electron chi connectivity index (χ2n) is 7.87. The molecule has 0 bridgehead atoms. The molecule has 0 aliphatic heterocycles. The first-order chi connectivity index (χ1) is 11.8. The van der Waals surface area contributed by atoms with Crippen LogP contribution in [0.1, 0.15) is 47.1 Å². The second kappa shape index (κ2) is 8.21. The van der Waals surface area contributed by atoms with E-state index >= 15 is 0 Å². The maximum Gasteiger partial charge on any atom is 0.420 e. The van der Waals surface area contributed by atoms with Crippen molar-refractivity contribution in [3.05, 3.63) is 35.9 Å². The fourth-order valence-corrected chi connectivity index (χ4v) is 2.08. The Morgan fingerprint density at radius 3 is 1.69 bits per heavy atom. The van der Waals surface area contributed by atoms with Crippen LogP contribution in [0.25, 0.3) is 0 Å². The summed E-state index contributed by atoms with van der Waals surface area (Å²) in [5.74, 6) is -1.33. The molecule has 0 unspecified atom stereocenters. The van der Waals surface area contributed by atoms with Crippen LogP contribution >= 0.6 is 0 Å². The average molecular weight is 365 g/mol. The highest BCUT2D eigenvalue weighted by molar-refractivity contribution is 5.93. The van der Waals surface area contributed by atoms with E-state index < -0.39 is 35.4 Å². The number of imide groups is 1. The Bertz CT molecular complexity index is 614. The second-order valence-corrected chi connectivity index (χ2v) is 7.87. The first kappa shape index (κ1) is 21.5. The normalized spacial score (nSPS) is 12.8. The molecule has 0 radical (unpaired) electrons. The number of carbonyl (C=O) groups is 3. The molecule has 1 aromatic rings.